The predicted molar refractivity (Wildman–Crippen MR) is 105 cm³/mol. The second-order valence-corrected chi connectivity index (χ2v) is 5.93. The summed E-state index contributed by atoms with van der Waals surface area (Å²) in [5.74, 6) is 0. The third-order valence-electron chi connectivity index (χ3n) is 4.19. The summed E-state index contributed by atoms with van der Waals surface area (Å²) < 4.78 is 0. The zero-order valence-electron chi connectivity index (χ0n) is 13.9. The molecule has 24 heavy (non-hydrogen) atoms. The lowest BCUT2D eigenvalue weighted by Crippen LogP contribution is -1.90. The molecule has 0 spiro atoms. The zero-order chi connectivity index (χ0) is 16.8. The van der Waals surface area contributed by atoms with Gasteiger partial charge in [0.15, 0.2) is 0 Å². The molecule has 0 aliphatic heterocycles. The maximum absolute atomic E-state index is 3.86. The first kappa shape index (κ1) is 16.0. The molecule has 0 saturated carbocycles. The van der Waals surface area contributed by atoms with Crippen LogP contribution in [0.5, 0.6) is 0 Å². The molecule has 0 amide bonds. The smallest absolute Gasteiger partial charge is 0.00999 e. The minimum absolute atomic E-state index is 0.886. The van der Waals surface area contributed by atoms with Gasteiger partial charge in [0, 0.05) is 0 Å². The van der Waals surface area contributed by atoms with E-state index in [9.17, 15) is 0 Å². The van der Waals surface area contributed by atoms with Crippen molar-refractivity contribution >= 4 is 0 Å². The third kappa shape index (κ3) is 3.55. The van der Waals surface area contributed by atoms with E-state index in [0.717, 1.165) is 12.8 Å². The van der Waals surface area contributed by atoms with Crippen molar-refractivity contribution in [1.82, 2.24) is 0 Å². The van der Waals surface area contributed by atoms with Gasteiger partial charge in [-0.1, -0.05) is 84.9 Å². The average molecular weight is 310 g/mol. The highest BCUT2D eigenvalue weighted by Gasteiger charge is 2.08. The monoisotopic (exact) mass is 310 g/mol. The molecule has 0 radical (unpaired) electrons. The summed E-state index contributed by atoms with van der Waals surface area (Å²) in [4.78, 5) is 0. The predicted octanol–water partition coefficient (Wildman–Crippen LogP) is 6.48. The largest absolute Gasteiger partial charge is 0.103 e. The first-order valence-corrected chi connectivity index (χ1v) is 8.31. The van der Waals surface area contributed by atoms with Crippen molar-refractivity contribution in [3.05, 3.63) is 109 Å². The van der Waals surface area contributed by atoms with Crippen LogP contribution in [0.4, 0.5) is 0 Å². The third-order valence-corrected chi connectivity index (χ3v) is 4.19. The molecule has 0 N–H and O–H groups in total. The van der Waals surface area contributed by atoms with Gasteiger partial charge < -0.3 is 0 Å². The standard InChI is InChI=1S/C24H22/c1-3-8-19-12-15-22(16-13-19)24-18-20(9-4-2)14-17-23(24)21-10-6-5-7-11-21/h3-7,10-18H,1-2,8-9H2. The summed E-state index contributed by atoms with van der Waals surface area (Å²) in [5, 5.41) is 0. The molecule has 118 valence electrons. The lowest BCUT2D eigenvalue weighted by Gasteiger charge is -2.13. The molecule has 3 aromatic rings. The van der Waals surface area contributed by atoms with Gasteiger partial charge in [0.05, 0.1) is 0 Å². The van der Waals surface area contributed by atoms with Crippen LogP contribution in [0.1, 0.15) is 11.1 Å². The number of hydrogen-bond acceptors (Lipinski definition) is 0. The second-order valence-electron chi connectivity index (χ2n) is 5.93. The Morgan fingerprint density at radius 1 is 0.583 bits per heavy atom. The van der Waals surface area contributed by atoms with Crippen LogP contribution in [0.3, 0.4) is 0 Å². The summed E-state index contributed by atoms with van der Waals surface area (Å²) in [7, 11) is 0. The summed E-state index contributed by atoms with van der Waals surface area (Å²) in [6.45, 7) is 7.67. The van der Waals surface area contributed by atoms with Crippen molar-refractivity contribution in [3.63, 3.8) is 0 Å². The lowest BCUT2D eigenvalue weighted by atomic mass is 9.91. The molecule has 0 heteroatoms. The molecule has 0 bridgehead atoms. The van der Waals surface area contributed by atoms with Crippen molar-refractivity contribution < 1.29 is 0 Å². The number of rotatable bonds is 6. The molecule has 0 aliphatic carbocycles. The van der Waals surface area contributed by atoms with E-state index < -0.39 is 0 Å². The van der Waals surface area contributed by atoms with E-state index in [2.05, 4.69) is 86.0 Å². The maximum atomic E-state index is 3.86. The van der Waals surface area contributed by atoms with Gasteiger partial charge >= 0.3 is 0 Å². The van der Waals surface area contributed by atoms with Gasteiger partial charge in [0.2, 0.25) is 0 Å². The van der Waals surface area contributed by atoms with E-state index in [1.807, 2.05) is 12.2 Å². The van der Waals surface area contributed by atoms with Crippen molar-refractivity contribution in [1.29, 1.82) is 0 Å². The van der Waals surface area contributed by atoms with Crippen molar-refractivity contribution in [2.24, 2.45) is 0 Å². The number of allylic oxidation sites excluding steroid dienone is 2. The Kier molecular flexibility index (Phi) is 5.08. The molecule has 0 heterocycles. The molecule has 0 nitrogen and oxygen atoms in total. The fraction of sp³-hybridized carbons (Fsp3) is 0.0833. The van der Waals surface area contributed by atoms with Gasteiger partial charge in [-0.3, -0.25) is 0 Å². The van der Waals surface area contributed by atoms with Gasteiger partial charge in [-0.05, 0) is 46.2 Å². The van der Waals surface area contributed by atoms with Crippen molar-refractivity contribution in [3.8, 4) is 22.3 Å². The number of hydrogen-bond donors (Lipinski definition) is 0. The van der Waals surface area contributed by atoms with Gasteiger partial charge in [-0.15, -0.1) is 13.2 Å². The Morgan fingerprint density at radius 3 is 1.83 bits per heavy atom. The van der Waals surface area contributed by atoms with E-state index in [1.165, 1.54) is 33.4 Å². The Hall–Kier alpha value is -2.86. The molecule has 0 aliphatic rings. The van der Waals surface area contributed by atoms with Crippen LogP contribution in [0.2, 0.25) is 0 Å². The summed E-state index contributed by atoms with van der Waals surface area (Å²) in [6, 6.07) is 26.0. The quantitative estimate of drug-likeness (QED) is 0.457. The fourth-order valence-electron chi connectivity index (χ4n) is 2.98. The SMILES string of the molecule is C=CCc1ccc(-c2cc(CC=C)ccc2-c2ccccc2)cc1. The molecule has 3 rings (SSSR count). The van der Waals surface area contributed by atoms with Crippen LogP contribution >= 0.6 is 0 Å². The van der Waals surface area contributed by atoms with Crippen molar-refractivity contribution in [2.75, 3.05) is 0 Å². The van der Waals surface area contributed by atoms with E-state index in [0.29, 0.717) is 0 Å². The van der Waals surface area contributed by atoms with Crippen molar-refractivity contribution in [2.45, 2.75) is 12.8 Å². The minimum atomic E-state index is 0.886. The Bertz CT molecular complexity index is 824. The van der Waals surface area contributed by atoms with Crippen LogP contribution < -0.4 is 0 Å². The maximum Gasteiger partial charge on any atom is -0.00999 e. The van der Waals surface area contributed by atoms with Gasteiger partial charge in [0.1, 0.15) is 0 Å². The molecule has 3 aromatic carbocycles. The molecule has 0 fully saturated rings. The average Bonchev–Trinajstić information content (AvgIpc) is 2.64. The highest BCUT2D eigenvalue weighted by Crippen LogP contribution is 2.33. The van der Waals surface area contributed by atoms with E-state index in [-0.39, 0.29) is 0 Å². The Morgan fingerprint density at radius 2 is 1.17 bits per heavy atom. The van der Waals surface area contributed by atoms with Gasteiger partial charge in [0.25, 0.3) is 0 Å². The van der Waals surface area contributed by atoms with E-state index in [1.54, 1.807) is 0 Å². The molecular weight excluding hydrogens is 288 g/mol. The summed E-state index contributed by atoms with van der Waals surface area (Å²) in [6.07, 6.45) is 5.68. The fourth-order valence-corrected chi connectivity index (χ4v) is 2.98. The van der Waals surface area contributed by atoms with Crippen LogP contribution in [0.25, 0.3) is 22.3 Å². The second kappa shape index (κ2) is 7.61. The van der Waals surface area contributed by atoms with Crippen LogP contribution in [0, 0.1) is 0 Å². The highest BCUT2D eigenvalue weighted by atomic mass is 14.1. The topological polar surface area (TPSA) is 0 Å². The van der Waals surface area contributed by atoms with E-state index in [4.69, 9.17) is 0 Å². The van der Waals surface area contributed by atoms with E-state index >= 15 is 0 Å². The highest BCUT2D eigenvalue weighted by molar-refractivity contribution is 5.84. The van der Waals surface area contributed by atoms with Gasteiger partial charge in [-0.25, -0.2) is 0 Å². The first-order valence-electron chi connectivity index (χ1n) is 8.31. The molecule has 0 saturated heterocycles. The molecule has 0 atom stereocenters. The number of benzene rings is 3. The van der Waals surface area contributed by atoms with Crippen LogP contribution in [0.15, 0.2) is 98.1 Å². The first-order chi connectivity index (χ1) is 11.8. The van der Waals surface area contributed by atoms with Gasteiger partial charge in [-0.2, -0.15) is 0 Å². The Labute approximate surface area is 144 Å². The zero-order valence-corrected chi connectivity index (χ0v) is 13.9. The molecule has 0 aromatic heterocycles. The van der Waals surface area contributed by atoms with Crippen LogP contribution in [-0.2, 0) is 12.8 Å². The molecular formula is C24H22. The van der Waals surface area contributed by atoms with Crippen LogP contribution in [-0.4, -0.2) is 0 Å². The summed E-state index contributed by atoms with van der Waals surface area (Å²) >= 11 is 0. The Balaban J connectivity index is 2.10. The molecule has 0 unspecified atom stereocenters. The minimum Gasteiger partial charge on any atom is -0.103 e. The normalized spacial score (nSPS) is 10.3. The lowest BCUT2D eigenvalue weighted by molar-refractivity contribution is 1.27. The summed E-state index contributed by atoms with van der Waals surface area (Å²) in [5.41, 5.74) is 7.60.